The molecule has 0 saturated heterocycles. The van der Waals surface area contributed by atoms with Gasteiger partial charge in [-0.1, -0.05) is 0 Å². The average molecular weight is 289 g/mol. The van der Waals surface area contributed by atoms with E-state index in [1.54, 1.807) is 0 Å². The quantitative estimate of drug-likeness (QED) is 0.648. The zero-order valence-corrected chi connectivity index (χ0v) is 11.3. The number of aromatic amines is 1. The van der Waals surface area contributed by atoms with Crippen LogP contribution >= 0.6 is 0 Å². The van der Waals surface area contributed by atoms with Crippen molar-refractivity contribution in [1.82, 2.24) is 4.98 Å². The maximum absolute atomic E-state index is 3.48. The van der Waals surface area contributed by atoms with Crippen LogP contribution in [0.3, 0.4) is 0 Å². The van der Waals surface area contributed by atoms with Gasteiger partial charge in [-0.05, 0) is 0 Å². The molecule has 1 aromatic heterocycles. The normalized spacial score (nSPS) is 12.0. The standard InChI is InChI=1S/C13H18N.Ru/c1-4-7-8-9-11-10-12(5-2)14-13(11)6-3;/h4,7-9,14H,5-6H2,1-3H3;. The van der Waals surface area contributed by atoms with E-state index in [0.717, 1.165) is 12.8 Å². The topological polar surface area (TPSA) is 15.8 Å². The van der Waals surface area contributed by atoms with Gasteiger partial charge in [-0.3, -0.25) is 0 Å². The van der Waals surface area contributed by atoms with E-state index in [-0.39, 0.29) is 0 Å². The number of H-pyrrole nitrogens is 1. The van der Waals surface area contributed by atoms with Crippen LogP contribution in [0.1, 0.15) is 37.7 Å². The van der Waals surface area contributed by atoms with Gasteiger partial charge in [-0.15, -0.1) is 0 Å². The molecule has 0 spiro atoms. The van der Waals surface area contributed by atoms with Gasteiger partial charge >= 0.3 is 102 Å². The number of nitrogens with one attached hydrogen (secondary N) is 1. The van der Waals surface area contributed by atoms with Gasteiger partial charge in [0.05, 0.1) is 0 Å². The van der Waals surface area contributed by atoms with Crippen molar-refractivity contribution in [3.05, 3.63) is 35.2 Å². The Kier molecular flexibility index (Phi) is 5.04. The predicted octanol–water partition coefficient (Wildman–Crippen LogP) is 2.90. The minimum absolute atomic E-state index is 1.05. The Morgan fingerprint density at radius 1 is 1.13 bits per heavy atom. The molecule has 0 aliphatic rings. The second-order valence-electron chi connectivity index (χ2n) is 3.39. The van der Waals surface area contributed by atoms with E-state index >= 15 is 0 Å². The van der Waals surface area contributed by atoms with E-state index in [9.17, 15) is 0 Å². The monoisotopic (exact) mass is 290 g/mol. The zero-order chi connectivity index (χ0) is 11.3. The van der Waals surface area contributed by atoms with Crippen LogP contribution in [0.4, 0.5) is 0 Å². The fraction of sp³-hybridized carbons (Fsp3) is 0.385. The molecule has 15 heavy (non-hydrogen) atoms. The third-order valence-corrected chi connectivity index (χ3v) is 3.38. The van der Waals surface area contributed by atoms with Crippen molar-refractivity contribution in [2.45, 2.75) is 33.6 Å². The Morgan fingerprint density at radius 2 is 1.80 bits per heavy atom. The van der Waals surface area contributed by atoms with Crippen LogP contribution < -0.4 is 4.16 Å². The molecule has 0 atom stereocenters. The molecule has 0 aliphatic carbocycles. The molecule has 0 saturated carbocycles. The molecule has 0 fully saturated rings. The summed E-state index contributed by atoms with van der Waals surface area (Å²) in [5.74, 6) is 0. The molecule has 0 aliphatic heterocycles. The summed E-state index contributed by atoms with van der Waals surface area (Å²) in [5.41, 5.74) is 4.01. The first-order valence-corrected chi connectivity index (χ1v) is 6.28. The molecule has 1 rings (SSSR count). The van der Waals surface area contributed by atoms with Gasteiger partial charge in [0, 0.05) is 0 Å². The van der Waals surface area contributed by atoms with E-state index in [0.29, 0.717) is 0 Å². The first-order valence-electron chi connectivity index (χ1n) is 5.41. The molecule has 0 aromatic carbocycles. The Hall–Kier alpha value is -0.617. The van der Waals surface area contributed by atoms with Crippen LogP contribution in [0.15, 0.2) is 18.2 Å². The first-order chi connectivity index (χ1) is 7.24. The van der Waals surface area contributed by atoms with Gasteiger partial charge in [0.15, 0.2) is 0 Å². The number of rotatable bonds is 4. The molecule has 83 valence electrons. The summed E-state index contributed by atoms with van der Waals surface area (Å²) in [6.07, 6.45) is 10.5. The van der Waals surface area contributed by atoms with Crippen molar-refractivity contribution in [2.75, 3.05) is 0 Å². The van der Waals surface area contributed by atoms with Crippen LogP contribution in [0.5, 0.6) is 0 Å². The number of hydrogen-bond donors (Lipinski definition) is 1. The SMILES string of the molecule is CC=CC=Cc1c(CC)[nH]c(CC)[c]1[Ru]. The van der Waals surface area contributed by atoms with Crippen molar-refractivity contribution in [2.24, 2.45) is 0 Å². The Morgan fingerprint density at radius 3 is 2.33 bits per heavy atom. The van der Waals surface area contributed by atoms with E-state index in [1.807, 2.05) is 13.0 Å². The fourth-order valence-corrected chi connectivity index (χ4v) is 2.37. The molecular formula is C13H18NRu. The Labute approximate surface area is 102 Å². The second-order valence-corrected chi connectivity index (χ2v) is 4.26. The van der Waals surface area contributed by atoms with Gasteiger partial charge in [-0.2, -0.15) is 0 Å². The van der Waals surface area contributed by atoms with Crippen molar-refractivity contribution in [3.63, 3.8) is 0 Å². The molecule has 1 heterocycles. The van der Waals surface area contributed by atoms with Gasteiger partial charge in [0.2, 0.25) is 0 Å². The van der Waals surface area contributed by atoms with Crippen molar-refractivity contribution < 1.29 is 18.3 Å². The Balaban J connectivity index is 3.08. The summed E-state index contributed by atoms with van der Waals surface area (Å²) in [7, 11) is 0. The second kappa shape index (κ2) is 6.07. The molecule has 1 N–H and O–H groups in total. The number of allylic oxidation sites excluding steroid dienone is 3. The van der Waals surface area contributed by atoms with E-state index in [4.69, 9.17) is 0 Å². The van der Waals surface area contributed by atoms with Crippen molar-refractivity contribution >= 4 is 10.2 Å². The predicted molar refractivity (Wildman–Crippen MR) is 63.0 cm³/mol. The molecular weight excluding hydrogens is 271 g/mol. The molecule has 2 heteroatoms. The average Bonchev–Trinajstić information content (AvgIpc) is 2.56. The van der Waals surface area contributed by atoms with E-state index in [1.165, 1.54) is 21.1 Å². The third-order valence-electron chi connectivity index (χ3n) is 2.39. The summed E-state index contributed by atoms with van der Waals surface area (Å²) in [4.78, 5) is 3.48. The molecule has 0 unspecified atom stereocenters. The van der Waals surface area contributed by atoms with E-state index < -0.39 is 0 Å². The maximum atomic E-state index is 3.48. The van der Waals surface area contributed by atoms with Crippen LogP contribution in [-0.2, 0) is 31.1 Å². The molecule has 0 bridgehead atoms. The van der Waals surface area contributed by atoms with Crippen molar-refractivity contribution in [1.29, 1.82) is 0 Å². The molecule has 0 amide bonds. The van der Waals surface area contributed by atoms with Gasteiger partial charge in [0.25, 0.3) is 0 Å². The summed E-state index contributed by atoms with van der Waals surface area (Å²) in [5, 5.41) is 0. The summed E-state index contributed by atoms with van der Waals surface area (Å²) in [6.45, 7) is 6.40. The van der Waals surface area contributed by atoms with Gasteiger partial charge in [-0.25, -0.2) is 0 Å². The summed E-state index contributed by atoms with van der Waals surface area (Å²) >= 11 is 2.74. The Bertz CT molecular complexity index is 372. The van der Waals surface area contributed by atoms with Crippen LogP contribution in [0.25, 0.3) is 6.08 Å². The van der Waals surface area contributed by atoms with Crippen LogP contribution in [0.2, 0.25) is 0 Å². The summed E-state index contributed by atoms with van der Waals surface area (Å²) < 4.78 is 1.33. The molecule has 1 nitrogen and oxygen atoms in total. The van der Waals surface area contributed by atoms with Gasteiger partial charge in [0.1, 0.15) is 0 Å². The molecule has 0 radical (unpaired) electrons. The number of aromatic nitrogens is 1. The van der Waals surface area contributed by atoms with Crippen molar-refractivity contribution in [3.8, 4) is 0 Å². The first kappa shape index (κ1) is 12.5. The summed E-state index contributed by atoms with van der Waals surface area (Å²) in [6, 6.07) is 0. The fourth-order valence-electron chi connectivity index (χ4n) is 1.55. The van der Waals surface area contributed by atoms with Crippen LogP contribution in [0, 0.1) is 0 Å². The molecule has 1 aromatic rings. The third kappa shape index (κ3) is 2.92. The van der Waals surface area contributed by atoms with Gasteiger partial charge < -0.3 is 0 Å². The zero-order valence-electron chi connectivity index (χ0n) is 9.58. The van der Waals surface area contributed by atoms with E-state index in [2.05, 4.69) is 55.4 Å². The van der Waals surface area contributed by atoms with Crippen LogP contribution in [-0.4, -0.2) is 4.98 Å². The minimum atomic E-state index is 1.05. The number of aryl methyl sites for hydroxylation is 2. The number of hydrogen-bond acceptors (Lipinski definition) is 0.